The Balaban J connectivity index is 1.55. The molecule has 1 fully saturated rings. The molecule has 0 radical (unpaired) electrons. The summed E-state index contributed by atoms with van der Waals surface area (Å²) in [6, 6.07) is 9.85. The predicted octanol–water partition coefficient (Wildman–Crippen LogP) is 3.50. The zero-order valence-corrected chi connectivity index (χ0v) is 20.7. The molecule has 9 nitrogen and oxygen atoms in total. The lowest BCUT2D eigenvalue weighted by Crippen LogP contribution is -2.37. The van der Waals surface area contributed by atoms with E-state index in [4.69, 9.17) is 25.8 Å². The molecule has 0 saturated carbocycles. The molecule has 1 aliphatic rings. The number of sulfonamides is 1. The Morgan fingerprint density at radius 2 is 1.85 bits per heavy atom. The Morgan fingerprint density at radius 3 is 2.56 bits per heavy atom. The maximum atomic E-state index is 12.9. The van der Waals surface area contributed by atoms with E-state index in [1.807, 2.05) is 6.92 Å². The van der Waals surface area contributed by atoms with Gasteiger partial charge in [0.15, 0.2) is 17.3 Å². The molecule has 1 saturated heterocycles. The Bertz CT molecular complexity index is 1250. The summed E-state index contributed by atoms with van der Waals surface area (Å²) in [4.78, 5) is 10.8. The molecule has 0 bridgehead atoms. The first-order valence-corrected chi connectivity index (χ1v) is 12.8. The van der Waals surface area contributed by atoms with Crippen LogP contribution in [0.4, 0.5) is 5.82 Å². The number of fused-ring (bicyclic) bond motifs is 1. The molecule has 1 N–H and O–H groups in total. The highest BCUT2D eigenvalue weighted by Gasteiger charge is 2.20. The van der Waals surface area contributed by atoms with E-state index in [2.05, 4.69) is 19.6 Å². The van der Waals surface area contributed by atoms with Gasteiger partial charge in [0.25, 0.3) is 10.0 Å². The molecule has 0 spiro atoms. The molecule has 34 heavy (non-hydrogen) atoms. The van der Waals surface area contributed by atoms with Gasteiger partial charge in [0.05, 0.1) is 37.3 Å². The highest BCUT2D eigenvalue weighted by atomic mass is 35.5. The lowest BCUT2D eigenvalue weighted by molar-refractivity contribution is 0.0357. The van der Waals surface area contributed by atoms with Gasteiger partial charge in [-0.3, -0.25) is 9.62 Å². The third-order valence-electron chi connectivity index (χ3n) is 5.50. The largest absolute Gasteiger partial charge is 0.493 e. The second-order valence-corrected chi connectivity index (χ2v) is 9.96. The average molecular weight is 507 g/mol. The molecule has 3 aromatic rings. The number of rotatable bonds is 9. The number of nitrogens with zero attached hydrogens (tertiary/aromatic N) is 3. The van der Waals surface area contributed by atoms with Gasteiger partial charge in [-0.1, -0.05) is 17.7 Å². The number of ether oxygens (including phenoxy) is 3. The summed E-state index contributed by atoms with van der Waals surface area (Å²) in [5, 5.41) is 0.357. The standard InChI is InChI=1S/C23H27ClN4O5S/c1-16-4-6-17(7-5-16)34(29,30)27-22-18-14-20(31-2)21(15-19(18)25-23(24)26-22)33-11-3-8-28-9-12-32-13-10-28/h4-7,14-15H,3,8-13H2,1-2H3,(H,25,26,27). The van der Waals surface area contributed by atoms with E-state index in [0.29, 0.717) is 29.0 Å². The first-order valence-electron chi connectivity index (χ1n) is 10.9. The monoisotopic (exact) mass is 506 g/mol. The normalized spacial score (nSPS) is 14.8. The van der Waals surface area contributed by atoms with Crippen LogP contribution in [0.1, 0.15) is 12.0 Å². The number of hydrogen-bond acceptors (Lipinski definition) is 8. The first kappa shape index (κ1) is 24.5. The number of aryl methyl sites for hydroxylation is 1. The SMILES string of the molecule is COc1cc2c(NS(=O)(=O)c3ccc(C)cc3)nc(Cl)nc2cc1OCCCN1CCOCC1. The maximum Gasteiger partial charge on any atom is 0.263 e. The minimum absolute atomic E-state index is 0.0627. The number of morpholine rings is 1. The highest BCUT2D eigenvalue weighted by Crippen LogP contribution is 2.35. The molecule has 1 aliphatic heterocycles. The van der Waals surface area contributed by atoms with E-state index in [-0.39, 0.29) is 16.0 Å². The van der Waals surface area contributed by atoms with E-state index in [1.54, 1.807) is 24.3 Å². The third kappa shape index (κ3) is 5.87. The second-order valence-electron chi connectivity index (χ2n) is 7.94. The molecular weight excluding hydrogens is 480 g/mol. The molecule has 2 aromatic carbocycles. The smallest absolute Gasteiger partial charge is 0.263 e. The van der Waals surface area contributed by atoms with Crippen LogP contribution in [-0.4, -0.2) is 69.9 Å². The molecule has 0 atom stereocenters. The summed E-state index contributed by atoms with van der Waals surface area (Å²) in [5.41, 5.74) is 1.39. The van der Waals surface area contributed by atoms with Gasteiger partial charge < -0.3 is 14.2 Å². The molecule has 182 valence electrons. The van der Waals surface area contributed by atoms with Crippen molar-refractivity contribution in [1.29, 1.82) is 0 Å². The molecule has 11 heteroatoms. The van der Waals surface area contributed by atoms with Gasteiger partial charge in [0, 0.05) is 31.1 Å². The molecule has 1 aromatic heterocycles. The van der Waals surface area contributed by atoms with Crippen LogP contribution in [-0.2, 0) is 14.8 Å². The lowest BCUT2D eigenvalue weighted by atomic mass is 10.2. The third-order valence-corrected chi connectivity index (χ3v) is 7.02. The lowest BCUT2D eigenvalue weighted by Gasteiger charge is -2.26. The fraction of sp³-hybridized carbons (Fsp3) is 0.391. The number of hydrogen-bond donors (Lipinski definition) is 1. The summed E-state index contributed by atoms with van der Waals surface area (Å²) in [6.07, 6.45) is 0.841. The van der Waals surface area contributed by atoms with Crippen molar-refractivity contribution in [2.45, 2.75) is 18.2 Å². The van der Waals surface area contributed by atoms with Gasteiger partial charge in [0.1, 0.15) is 0 Å². The molecule has 2 heterocycles. The Hall–Kier alpha value is -2.66. The van der Waals surface area contributed by atoms with Crippen molar-refractivity contribution in [2.24, 2.45) is 0 Å². The van der Waals surface area contributed by atoms with Crippen LogP contribution in [0.25, 0.3) is 10.9 Å². The number of nitrogens with one attached hydrogen (secondary N) is 1. The first-order chi connectivity index (χ1) is 16.4. The van der Waals surface area contributed by atoms with Crippen molar-refractivity contribution >= 4 is 38.3 Å². The van der Waals surface area contributed by atoms with Gasteiger partial charge in [-0.25, -0.2) is 13.4 Å². The van der Waals surface area contributed by atoms with Gasteiger partial charge >= 0.3 is 0 Å². The molecule has 0 unspecified atom stereocenters. The van der Waals surface area contributed by atoms with Crippen LogP contribution < -0.4 is 14.2 Å². The van der Waals surface area contributed by atoms with E-state index in [0.717, 1.165) is 44.8 Å². The number of methoxy groups -OCH3 is 1. The molecule has 0 amide bonds. The minimum atomic E-state index is -3.88. The summed E-state index contributed by atoms with van der Waals surface area (Å²) in [7, 11) is -2.36. The van der Waals surface area contributed by atoms with Crippen molar-refractivity contribution in [3.8, 4) is 11.5 Å². The van der Waals surface area contributed by atoms with Crippen LogP contribution in [0.5, 0.6) is 11.5 Å². The topological polar surface area (TPSA) is 103 Å². The number of anilines is 1. The maximum absolute atomic E-state index is 12.9. The summed E-state index contributed by atoms with van der Waals surface area (Å²) in [5.74, 6) is 1.01. The predicted molar refractivity (Wildman–Crippen MR) is 130 cm³/mol. The quantitative estimate of drug-likeness (QED) is 0.347. The van der Waals surface area contributed by atoms with Crippen molar-refractivity contribution < 1.29 is 22.6 Å². The Labute approximate surface area is 204 Å². The average Bonchev–Trinajstić information content (AvgIpc) is 2.82. The van der Waals surface area contributed by atoms with E-state index < -0.39 is 10.0 Å². The zero-order valence-electron chi connectivity index (χ0n) is 19.1. The van der Waals surface area contributed by atoms with Gasteiger partial charge in [-0.2, -0.15) is 4.98 Å². The fourth-order valence-corrected chi connectivity index (χ4v) is 4.86. The van der Waals surface area contributed by atoms with Crippen LogP contribution in [0.15, 0.2) is 41.3 Å². The summed E-state index contributed by atoms with van der Waals surface area (Å²) in [6.45, 7) is 6.66. The summed E-state index contributed by atoms with van der Waals surface area (Å²) < 4.78 is 45.2. The van der Waals surface area contributed by atoms with Crippen LogP contribution in [0.2, 0.25) is 5.28 Å². The van der Waals surface area contributed by atoms with Crippen LogP contribution in [0.3, 0.4) is 0 Å². The number of halogens is 1. The van der Waals surface area contributed by atoms with Gasteiger partial charge in [-0.05, 0) is 43.1 Å². The number of aromatic nitrogens is 2. The molecule has 0 aliphatic carbocycles. The van der Waals surface area contributed by atoms with Crippen LogP contribution >= 0.6 is 11.6 Å². The molecule has 4 rings (SSSR count). The van der Waals surface area contributed by atoms with Gasteiger partial charge in [0.2, 0.25) is 5.28 Å². The summed E-state index contributed by atoms with van der Waals surface area (Å²) >= 11 is 6.11. The second kappa shape index (κ2) is 10.7. The van der Waals surface area contributed by atoms with Crippen molar-refractivity contribution in [3.63, 3.8) is 0 Å². The van der Waals surface area contributed by atoms with Crippen molar-refractivity contribution in [3.05, 3.63) is 47.2 Å². The van der Waals surface area contributed by atoms with E-state index >= 15 is 0 Å². The molecular formula is C23H27ClN4O5S. The van der Waals surface area contributed by atoms with E-state index in [1.165, 1.54) is 19.2 Å². The Kier molecular flexibility index (Phi) is 7.72. The number of benzene rings is 2. The highest BCUT2D eigenvalue weighted by molar-refractivity contribution is 7.92. The fourth-order valence-electron chi connectivity index (χ4n) is 3.66. The van der Waals surface area contributed by atoms with Crippen molar-refractivity contribution in [1.82, 2.24) is 14.9 Å². The Morgan fingerprint density at radius 1 is 1.12 bits per heavy atom. The zero-order chi connectivity index (χ0) is 24.1. The van der Waals surface area contributed by atoms with Gasteiger partial charge in [-0.15, -0.1) is 0 Å². The van der Waals surface area contributed by atoms with E-state index in [9.17, 15) is 8.42 Å². The minimum Gasteiger partial charge on any atom is -0.493 e. The van der Waals surface area contributed by atoms with Crippen molar-refractivity contribution in [2.75, 3.05) is 51.3 Å². The van der Waals surface area contributed by atoms with Crippen LogP contribution in [0, 0.1) is 6.92 Å².